The summed E-state index contributed by atoms with van der Waals surface area (Å²) in [5.74, 6) is -7.27. The number of unbranched alkanes of at least 4 members (excludes halogenated alkanes) is 1. The molecule has 0 aliphatic rings. The van der Waals surface area contributed by atoms with Crippen LogP contribution in [-0.4, -0.2) is 76.5 Å². The number of nitrogens with zero attached hydrogens (tertiary/aromatic N) is 1. The number of nitrogen functional groups attached to an aromatic ring is 1. The van der Waals surface area contributed by atoms with Crippen LogP contribution in [0.3, 0.4) is 0 Å². The van der Waals surface area contributed by atoms with E-state index in [2.05, 4.69) is 20.9 Å². The normalized spacial score (nSPS) is 12.5. The number of carbonyl (C=O) groups excluding carboxylic acids is 3. The molecule has 1 unspecified atom stereocenters. The zero-order valence-electron chi connectivity index (χ0n) is 27.3. The van der Waals surface area contributed by atoms with Gasteiger partial charge in [-0.25, -0.2) is 9.59 Å². The number of hydrogen-bond acceptors (Lipinski definition) is 7. The number of rotatable bonds is 18. The summed E-state index contributed by atoms with van der Waals surface area (Å²) in [7, 11) is 0. The lowest BCUT2D eigenvalue weighted by atomic mass is 9.95. The van der Waals surface area contributed by atoms with Crippen molar-refractivity contribution in [3.63, 3.8) is 0 Å². The van der Waals surface area contributed by atoms with Crippen LogP contribution >= 0.6 is 0 Å². The van der Waals surface area contributed by atoms with Crippen LogP contribution in [0.25, 0.3) is 0 Å². The minimum absolute atomic E-state index is 0.0231. The quantitative estimate of drug-likeness (QED) is 0.0464. The maximum atomic E-state index is 13.6. The van der Waals surface area contributed by atoms with E-state index in [9.17, 15) is 37.5 Å². The smallest absolute Gasteiger partial charge is 0.480 e. The zero-order chi connectivity index (χ0) is 37.9. The van der Waals surface area contributed by atoms with Crippen molar-refractivity contribution in [1.82, 2.24) is 16.0 Å². The van der Waals surface area contributed by atoms with E-state index in [0.29, 0.717) is 24.0 Å². The zero-order valence-corrected chi connectivity index (χ0v) is 27.3. The van der Waals surface area contributed by atoms with E-state index in [-0.39, 0.29) is 44.1 Å². The summed E-state index contributed by atoms with van der Waals surface area (Å²) in [6.07, 6.45) is -3.11. The molecule has 0 fully saturated rings. The number of nitrogens with two attached hydrogens (primary N) is 3. The number of amides is 3. The Kier molecular flexibility index (Phi) is 18.1. The van der Waals surface area contributed by atoms with Crippen molar-refractivity contribution in [2.24, 2.45) is 28.1 Å². The number of halogens is 3. The van der Waals surface area contributed by atoms with Crippen molar-refractivity contribution >= 4 is 41.5 Å². The van der Waals surface area contributed by atoms with Crippen LogP contribution in [0.2, 0.25) is 0 Å². The van der Waals surface area contributed by atoms with Gasteiger partial charge in [0.15, 0.2) is 5.96 Å². The summed E-state index contributed by atoms with van der Waals surface area (Å²) in [4.78, 5) is 64.7. The number of benzene rings is 2. The third-order valence-corrected chi connectivity index (χ3v) is 6.93. The lowest BCUT2D eigenvalue weighted by molar-refractivity contribution is -0.192. The summed E-state index contributed by atoms with van der Waals surface area (Å²) in [5, 5.41) is 32.4. The van der Waals surface area contributed by atoms with E-state index in [1.807, 2.05) is 37.3 Å². The molecule has 2 aromatic rings. The van der Waals surface area contributed by atoms with Crippen molar-refractivity contribution in [2.75, 3.05) is 6.54 Å². The summed E-state index contributed by atoms with van der Waals surface area (Å²) >= 11 is 0. The number of carbonyl (C=O) groups is 5. The molecule has 2 aromatic carbocycles. The van der Waals surface area contributed by atoms with Gasteiger partial charge in [0.1, 0.15) is 23.8 Å². The first-order valence-electron chi connectivity index (χ1n) is 15.4. The summed E-state index contributed by atoms with van der Waals surface area (Å²) < 4.78 is 31.7. The SMILES string of the molecule is CCCC[C@H](NC(=O)[C@H](Cc1ccc(C(=N)N)cc1)C(=O)NCc1ccccc1)C(=O)NC(CCCN=C(N)N)C(=O)O.O=C(O)C(F)(F)F. The Hall–Kier alpha value is -5.68. The average Bonchev–Trinajstić information content (AvgIpc) is 3.05. The Morgan fingerprint density at radius 2 is 1.38 bits per heavy atom. The highest BCUT2D eigenvalue weighted by Gasteiger charge is 2.38. The molecule has 0 aromatic heterocycles. The van der Waals surface area contributed by atoms with E-state index in [1.165, 1.54) is 0 Å². The minimum Gasteiger partial charge on any atom is -0.480 e. The highest BCUT2D eigenvalue weighted by atomic mass is 19.4. The Morgan fingerprint density at radius 1 is 0.820 bits per heavy atom. The lowest BCUT2D eigenvalue weighted by Gasteiger charge is -2.24. The van der Waals surface area contributed by atoms with E-state index in [0.717, 1.165) is 12.0 Å². The van der Waals surface area contributed by atoms with Gasteiger partial charge >= 0.3 is 18.1 Å². The fraction of sp³-hybridized carbons (Fsp3) is 0.406. The molecule has 50 heavy (non-hydrogen) atoms. The number of carboxylic acids is 2. The monoisotopic (exact) mass is 708 g/mol. The Balaban J connectivity index is 0.00000161. The molecule has 0 aliphatic heterocycles. The van der Waals surface area contributed by atoms with Crippen LogP contribution in [-0.2, 0) is 36.9 Å². The van der Waals surface area contributed by atoms with Crippen LogP contribution in [0.5, 0.6) is 0 Å². The Morgan fingerprint density at radius 3 is 1.88 bits per heavy atom. The Labute approximate surface area is 286 Å². The molecular formula is C32H43F3N8O7. The first-order valence-corrected chi connectivity index (χ1v) is 15.4. The number of nitrogens with one attached hydrogen (secondary N) is 4. The minimum atomic E-state index is -5.08. The second-order valence-corrected chi connectivity index (χ2v) is 10.9. The second-order valence-electron chi connectivity index (χ2n) is 10.9. The fourth-order valence-electron chi connectivity index (χ4n) is 4.25. The van der Waals surface area contributed by atoms with Gasteiger partial charge in [-0.05, 0) is 36.8 Å². The van der Waals surface area contributed by atoms with Crippen molar-refractivity contribution in [3.05, 3.63) is 71.3 Å². The van der Waals surface area contributed by atoms with Gasteiger partial charge in [0, 0.05) is 18.7 Å². The molecule has 0 bridgehead atoms. The van der Waals surface area contributed by atoms with Crippen molar-refractivity contribution < 1.29 is 47.4 Å². The predicted octanol–water partition coefficient (Wildman–Crippen LogP) is 1.38. The molecule has 18 heteroatoms. The molecule has 0 saturated carbocycles. The average molecular weight is 709 g/mol. The maximum Gasteiger partial charge on any atom is 0.490 e. The maximum absolute atomic E-state index is 13.6. The number of carboxylic acid groups (broad SMARTS) is 2. The Bertz CT molecular complexity index is 1470. The van der Waals surface area contributed by atoms with Crippen LogP contribution in [0, 0.1) is 11.3 Å². The van der Waals surface area contributed by atoms with E-state index < -0.39 is 53.8 Å². The van der Waals surface area contributed by atoms with Crippen LogP contribution in [0.15, 0.2) is 59.6 Å². The molecule has 3 atom stereocenters. The molecular weight excluding hydrogens is 665 g/mol. The highest BCUT2D eigenvalue weighted by molar-refractivity contribution is 6.02. The molecule has 0 saturated heterocycles. The van der Waals surface area contributed by atoms with Gasteiger partial charge in [-0.3, -0.25) is 24.8 Å². The first kappa shape index (κ1) is 42.3. The van der Waals surface area contributed by atoms with Gasteiger partial charge in [0.2, 0.25) is 17.7 Å². The lowest BCUT2D eigenvalue weighted by Crippen LogP contribution is -2.54. The number of amidine groups is 1. The highest BCUT2D eigenvalue weighted by Crippen LogP contribution is 2.15. The van der Waals surface area contributed by atoms with E-state index in [1.54, 1.807) is 24.3 Å². The van der Waals surface area contributed by atoms with Crippen molar-refractivity contribution in [3.8, 4) is 0 Å². The van der Waals surface area contributed by atoms with Crippen LogP contribution < -0.4 is 33.2 Å². The van der Waals surface area contributed by atoms with Gasteiger partial charge in [0.05, 0.1) is 0 Å². The largest absolute Gasteiger partial charge is 0.490 e. The van der Waals surface area contributed by atoms with Gasteiger partial charge in [-0.2, -0.15) is 13.2 Å². The molecule has 0 radical (unpaired) electrons. The standard InChI is InChI=1S/C30H42N8O5.C2HF3O2/c1-2-3-10-23(28(41)38-24(29(42)43)11-7-16-35-30(33)34)37-27(40)22(17-19-12-14-21(15-13-19)25(31)32)26(39)36-18-20-8-5-4-6-9-20;3-2(4,5)1(6)7/h4-6,8-9,12-15,22-24H,2-3,7,10-11,16-18H2,1H3,(H3,31,32)(H,36,39)(H,37,40)(H,38,41)(H,42,43)(H4,33,34,35);(H,6,7)/t22-,23+,24?;/m1./s1. The predicted molar refractivity (Wildman–Crippen MR) is 178 cm³/mol. The number of hydrogen-bond donors (Lipinski definition) is 9. The second kappa shape index (κ2) is 21.3. The van der Waals surface area contributed by atoms with Gasteiger partial charge in [-0.1, -0.05) is 74.4 Å². The molecule has 3 amide bonds. The van der Waals surface area contributed by atoms with E-state index in [4.69, 9.17) is 32.5 Å². The number of alkyl halides is 3. The third kappa shape index (κ3) is 16.4. The van der Waals surface area contributed by atoms with Crippen molar-refractivity contribution in [1.29, 1.82) is 5.41 Å². The molecule has 2 rings (SSSR count). The number of aliphatic carboxylic acids is 2. The summed E-state index contributed by atoms with van der Waals surface area (Å²) in [5.41, 5.74) is 18.2. The van der Waals surface area contributed by atoms with Gasteiger partial charge in [0.25, 0.3) is 0 Å². The molecule has 12 N–H and O–H groups in total. The van der Waals surface area contributed by atoms with Crippen LogP contribution in [0.1, 0.15) is 55.7 Å². The third-order valence-electron chi connectivity index (χ3n) is 6.93. The molecule has 0 spiro atoms. The fourth-order valence-corrected chi connectivity index (χ4v) is 4.25. The molecule has 0 aliphatic carbocycles. The number of aliphatic imine (C=N–C) groups is 1. The number of guanidine groups is 1. The molecule has 15 nitrogen and oxygen atoms in total. The summed E-state index contributed by atoms with van der Waals surface area (Å²) in [6, 6.07) is 13.6. The van der Waals surface area contributed by atoms with Gasteiger partial charge in [-0.15, -0.1) is 0 Å². The topological polar surface area (TPSA) is 276 Å². The molecule has 274 valence electrons. The first-order chi connectivity index (χ1) is 23.5. The van der Waals surface area contributed by atoms with Gasteiger partial charge < -0.3 is 43.4 Å². The summed E-state index contributed by atoms with van der Waals surface area (Å²) in [6.45, 7) is 2.32. The van der Waals surface area contributed by atoms with Crippen LogP contribution in [0.4, 0.5) is 13.2 Å². The molecule has 0 heterocycles. The van der Waals surface area contributed by atoms with Crippen molar-refractivity contribution in [2.45, 2.75) is 70.3 Å². The van der Waals surface area contributed by atoms with E-state index >= 15 is 0 Å².